The fourth-order valence-corrected chi connectivity index (χ4v) is 12.7. The van der Waals surface area contributed by atoms with Crippen LogP contribution < -0.4 is 42.0 Å². The van der Waals surface area contributed by atoms with Gasteiger partial charge < -0.3 is 14.7 Å². The monoisotopic (exact) mass is 993 g/mol. The third-order valence-corrected chi connectivity index (χ3v) is 16.6. The van der Waals surface area contributed by atoms with Gasteiger partial charge in [-0.25, -0.2) is 0 Å². The Morgan fingerprint density at radius 3 is 0.921 bits per heavy atom. The van der Waals surface area contributed by atoms with E-state index in [0.717, 1.165) is 85.8 Å². The lowest BCUT2D eigenvalue weighted by Crippen LogP contribution is -2.56. The molecule has 0 saturated heterocycles. The molecular formula is C66H40B5N3S2. The number of nitrogens with zero attached hydrogens (tertiary/aromatic N) is 3. The summed E-state index contributed by atoms with van der Waals surface area (Å²) >= 11 is 3.52. The highest BCUT2D eigenvalue weighted by atomic mass is 32.1. The van der Waals surface area contributed by atoms with Crippen LogP contribution in [0.15, 0.2) is 243 Å². The Bertz CT molecular complexity index is 4010. The fourth-order valence-electron chi connectivity index (χ4n) is 10.5. The first kappa shape index (κ1) is 47.3. The molecular weight excluding hydrogens is 953 g/mol. The summed E-state index contributed by atoms with van der Waals surface area (Å²) in [7, 11) is 33.6. The van der Waals surface area contributed by atoms with Gasteiger partial charge in [-0.05, 0) is 131 Å². The van der Waals surface area contributed by atoms with Crippen LogP contribution in [0.4, 0.5) is 51.2 Å². The Balaban J connectivity index is 0.908. The molecule has 3 nitrogen and oxygen atoms in total. The van der Waals surface area contributed by atoms with E-state index in [9.17, 15) is 0 Å². The lowest BCUT2D eigenvalue weighted by atomic mass is 9.61. The second-order valence-corrected chi connectivity index (χ2v) is 21.0. The van der Waals surface area contributed by atoms with Gasteiger partial charge >= 0.3 is 0 Å². The van der Waals surface area contributed by atoms with Crippen molar-refractivity contribution in [2.24, 2.45) is 0 Å². The van der Waals surface area contributed by atoms with Gasteiger partial charge in [0.25, 0.3) is 0 Å². The highest BCUT2D eigenvalue weighted by molar-refractivity contribution is 7.26. The number of benzene rings is 11. The molecule has 0 atom stereocenters. The SMILES string of the molecule is [B]c1c([B])c([B])c(N(c2ccc3sc4cc(N(c5ccccc5)c5ccc(-c6ccccc6)cc5)ccc4c3c2)c2ccc3sc4cc(N(c5ccccc5)c5ccc(-c6ccccc6)cc5)ccc4c3c2)c([B])c1[B]. The summed E-state index contributed by atoms with van der Waals surface area (Å²) in [6.45, 7) is 0. The predicted molar refractivity (Wildman–Crippen MR) is 334 cm³/mol. The summed E-state index contributed by atoms with van der Waals surface area (Å²) in [4.78, 5) is 6.68. The molecule has 0 bridgehead atoms. The van der Waals surface area contributed by atoms with E-state index < -0.39 is 0 Å². The van der Waals surface area contributed by atoms with Crippen LogP contribution in [0.1, 0.15) is 0 Å². The molecule has 0 aliphatic rings. The summed E-state index contributed by atoms with van der Waals surface area (Å²) in [5.74, 6) is 0. The van der Waals surface area contributed by atoms with Crippen molar-refractivity contribution < 1.29 is 0 Å². The van der Waals surface area contributed by atoms with Gasteiger partial charge in [0.15, 0.2) is 0 Å². The molecule has 10 heteroatoms. The maximum absolute atomic E-state index is 6.97. The molecule has 76 heavy (non-hydrogen) atoms. The molecule has 0 unspecified atom stereocenters. The molecule has 11 aromatic carbocycles. The molecule has 2 aromatic heterocycles. The first-order valence-corrected chi connectivity index (χ1v) is 26.6. The summed E-state index contributed by atoms with van der Waals surface area (Å²) in [5.41, 5.74) is 14.3. The molecule has 10 radical (unpaired) electrons. The van der Waals surface area contributed by atoms with E-state index >= 15 is 0 Å². The summed E-state index contributed by atoms with van der Waals surface area (Å²) < 4.78 is 4.58. The molecule has 13 rings (SSSR count). The van der Waals surface area contributed by atoms with Crippen LogP contribution >= 0.6 is 22.7 Å². The molecule has 0 aliphatic carbocycles. The predicted octanol–water partition coefficient (Wildman–Crippen LogP) is 14.1. The number of hydrogen-bond donors (Lipinski definition) is 0. The molecule has 0 spiro atoms. The summed E-state index contributed by atoms with van der Waals surface area (Å²) in [6, 6.07) is 85.9. The number of thiophene rings is 2. The van der Waals surface area contributed by atoms with E-state index in [1.54, 1.807) is 22.7 Å². The number of fused-ring (bicyclic) bond motifs is 6. The second-order valence-electron chi connectivity index (χ2n) is 18.8. The van der Waals surface area contributed by atoms with Crippen molar-refractivity contribution in [3.05, 3.63) is 243 Å². The third kappa shape index (κ3) is 8.48. The second kappa shape index (κ2) is 19.7. The Hall–Kier alpha value is -8.42. The van der Waals surface area contributed by atoms with Crippen LogP contribution in [0.25, 0.3) is 62.6 Å². The maximum Gasteiger partial charge on any atom is 0.115 e. The number of hydrogen-bond acceptors (Lipinski definition) is 5. The quantitative estimate of drug-likeness (QED) is 0.120. The average molecular weight is 993 g/mol. The van der Waals surface area contributed by atoms with Crippen LogP contribution in [0.5, 0.6) is 0 Å². The molecule has 13 aromatic rings. The van der Waals surface area contributed by atoms with Crippen LogP contribution in [-0.2, 0) is 0 Å². The molecule has 0 fully saturated rings. The Morgan fingerprint density at radius 2 is 0.526 bits per heavy atom. The lowest BCUT2D eigenvalue weighted by molar-refractivity contribution is 1.29. The standard InChI is InChI=1S/C66H40B5N3S2/c67-61-62(68)64(70)66(65(71)63(61)69)74(49-31-35-57-55(37-49)53-33-29-51(39-59(53)75-57)72(45-17-9-3-10-18-45)47-25-21-43(22-26-47)41-13-5-1-6-14-41)50-32-36-58-56(38-50)54-34-30-52(40-60(54)76-58)73(46-19-11-4-12-20-46)48-27-23-44(24-28-48)42-15-7-2-8-16-42/h1-40H. The zero-order valence-corrected chi connectivity index (χ0v) is 42.8. The van der Waals surface area contributed by atoms with E-state index in [1.807, 2.05) is 12.1 Å². The molecule has 0 amide bonds. The van der Waals surface area contributed by atoms with E-state index in [4.69, 9.17) is 39.2 Å². The average Bonchev–Trinajstić information content (AvgIpc) is 4.04. The number of para-hydroxylation sites is 2. The normalized spacial score (nSPS) is 11.4. The van der Waals surface area contributed by atoms with E-state index in [2.05, 4.69) is 245 Å². The number of anilines is 9. The first-order valence-electron chi connectivity index (χ1n) is 25.0. The summed E-state index contributed by atoms with van der Waals surface area (Å²) in [5, 5.41) is 4.44. The first-order chi connectivity index (χ1) is 37.3. The van der Waals surface area contributed by atoms with Gasteiger partial charge in [0.1, 0.15) is 39.2 Å². The minimum atomic E-state index is 0.164. The molecule has 0 saturated carbocycles. The van der Waals surface area contributed by atoms with Gasteiger partial charge in [-0.1, -0.05) is 144 Å². The van der Waals surface area contributed by atoms with Gasteiger partial charge in [-0.15, -0.1) is 39.1 Å². The van der Waals surface area contributed by atoms with Crippen molar-refractivity contribution in [2.45, 2.75) is 0 Å². The molecule has 0 N–H and O–H groups in total. The maximum atomic E-state index is 6.97. The van der Waals surface area contributed by atoms with E-state index in [1.165, 1.54) is 22.3 Å². The van der Waals surface area contributed by atoms with E-state index in [0.29, 0.717) is 5.69 Å². The van der Waals surface area contributed by atoms with Crippen molar-refractivity contribution in [3.8, 4) is 22.3 Å². The van der Waals surface area contributed by atoms with Gasteiger partial charge in [0, 0.05) is 91.5 Å². The molecule has 2 heterocycles. The van der Waals surface area contributed by atoms with Crippen molar-refractivity contribution >= 4 is 181 Å². The lowest BCUT2D eigenvalue weighted by Gasteiger charge is -2.32. The van der Waals surface area contributed by atoms with Crippen LogP contribution in [0.2, 0.25) is 0 Å². The van der Waals surface area contributed by atoms with Gasteiger partial charge in [-0.3, -0.25) is 0 Å². The van der Waals surface area contributed by atoms with Crippen LogP contribution in [0, 0.1) is 0 Å². The summed E-state index contributed by atoms with van der Waals surface area (Å²) in [6.07, 6.45) is 0. The third-order valence-electron chi connectivity index (χ3n) is 14.3. The minimum Gasteiger partial charge on any atom is -0.312 e. The fraction of sp³-hybridized carbons (Fsp3) is 0. The number of rotatable bonds is 11. The zero-order valence-electron chi connectivity index (χ0n) is 41.1. The molecule has 0 aliphatic heterocycles. The van der Waals surface area contributed by atoms with Gasteiger partial charge in [0.05, 0.1) is 0 Å². The largest absolute Gasteiger partial charge is 0.312 e. The van der Waals surface area contributed by atoms with Crippen LogP contribution in [-0.4, -0.2) is 39.2 Å². The van der Waals surface area contributed by atoms with Crippen molar-refractivity contribution in [3.63, 3.8) is 0 Å². The highest BCUT2D eigenvalue weighted by Crippen LogP contribution is 2.46. The van der Waals surface area contributed by atoms with E-state index in [-0.39, 0.29) is 27.3 Å². The van der Waals surface area contributed by atoms with Crippen molar-refractivity contribution in [2.75, 3.05) is 14.7 Å². The van der Waals surface area contributed by atoms with Gasteiger partial charge in [-0.2, -0.15) is 0 Å². The smallest absolute Gasteiger partial charge is 0.115 e. The molecule has 346 valence electrons. The van der Waals surface area contributed by atoms with Crippen molar-refractivity contribution in [1.82, 2.24) is 0 Å². The topological polar surface area (TPSA) is 9.72 Å². The zero-order chi connectivity index (χ0) is 51.4. The minimum absolute atomic E-state index is 0.164. The Labute approximate surface area is 457 Å². The van der Waals surface area contributed by atoms with Crippen molar-refractivity contribution in [1.29, 1.82) is 0 Å². The Morgan fingerprint density at radius 1 is 0.224 bits per heavy atom. The Kier molecular flexibility index (Phi) is 12.3. The highest BCUT2D eigenvalue weighted by Gasteiger charge is 2.23. The van der Waals surface area contributed by atoms with Crippen LogP contribution in [0.3, 0.4) is 0 Å². The van der Waals surface area contributed by atoms with Gasteiger partial charge in [0.2, 0.25) is 0 Å².